The van der Waals surface area contributed by atoms with Crippen LogP contribution in [0.25, 0.3) is 0 Å². The molecule has 0 spiro atoms. The first-order chi connectivity index (χ1) is 6.59. The molecule has 0 heterocycles. The van der Waals surface area contributed by atoms with E-state index in [4.69, 9.17) is 5.73 Å². The molecule has 2 rings (SSSR count). The van der Waals surface area contributed by atoms with E-state index in [1.807, 2.05) is 13.8 Å². The van der Waals surface area contributed by atoms with E-state index in [0.29, 0.717) is 11.8 Å². The molecule has 14 heavy (non-hydrogen) atoms. The second kappa shape index (κ2) is 3.54. The molecule has 0 aliphatic heterocycles. The summed E-state index contributed by atoms with van der Waals surface area (Å²) in [4.78, 5) is 11.9. The van der Waals surface area contributed by atoms with Crippen molar-refractivity contribution in [3.63, 3.8) is 0 Å². The molecule has 1 amide bonds. The van der Waals surface area contributed by atoms with E-state index in [1.165, 1.54) is 19.3 Å². The normalized spacial score (nSPS) is 40.6. The third kappa shape index (κ3) is 1.54. The Labute approximate surface area is 85.4 Å². The third-order valence-corrected chi connectivity index (χ3v) is 3.71. The third-order valence-electron chi connectivity index (χ3n) is 3.71. The molecule has 4 unspecified atom stereocenters. The lowest BCUT2D eigenvalue weighted by molar-refractivity contribution is -0.127. The summed E-state index contributed by atoms with van der Waals surface area (Å²) in [5.41, 5.74) is 6.08. The first kappa shape index (κ1) is 9.97. The van der Waals surface area contributed by atoms with Gasteiger partial charge in [0.15, 0.2) is 0 Å². The Kier molecular flexibility index (Phi) is 2.52. The van der Waals surface area contributed by atoms with Crippen molar-refractivity contribution in [3.05, 3.63) is 0 Å². The molecule has 2 aliphatic rings. The minimum absolute atomic E-state index is 0.0937. The summed E-state index contributed by atoms with van der Waals surface area (Å²) in [5, 5.41) is 2.98. The van der Waals surface area contributed by atoms with Gasteiger partial charge in [-0.3, -0.25) is 4.79 Å². The Balaban J connectivity index is 2.01. The number of nitrogens with two attached hydrogens (primary N) is 1. The van der Waals surface area contributed by atoms with Gasteiger partial charge in [0.1, 0.15) is 0 Å². The smallest absolute Gasteiger partial charge is 0.225 e. The zero-order valence-electron chi connectivity index (χ0n) is 8.99. The quantitative estimate of drug-likeness (QED) is 0.689. The van der Waals surface area contributed by atoms with E-state index in [2.05, 4.69) is 5.32 Å². The summed E-state index contributed by atoms with van der Waals surface area (Å²) in [6, 6.07) is 0.348. The topological polar surface area (TPSA) is 55.1 Å². The fourth-order valence-electron chi connectivity index (χ4n) is 3.11. The van der Waals surface area contributed by atoms with Gasteiger partial charge in [0, 0.05) is 12.1 Å². The van der Waals surface area contributed by atoms with Crippen molar-refractivity contribution in [1.82, 2.24) is 5.32 Å². The van der Waals surface area contributed by atoms with E-state index in [9.17, 15) is 4.79 Å². The number of amides is 1. The molecule has 0 aromatic rings. The first-order valence-electron chi connectivity index (χ1n) is 5.65. The number of fused-ring (bicyclic) bond motifs is 2. The second-order valence-corrected chi connectivity index (χ2v) is 5.10. The molecule has 2 fully saturated rings. The van der Waals surface area contributed by atoms with Crippen LogP contribution < -0.4 is 11.1 Å². The van der Waals surface area contributed by atoms with Crippen LogP contribution in [-0.4, -0.2) is 18.0 Å². The van der Waals surface area contributed by atoms with E-state index in [1.54, 1.807) is 0 Å². The van der Waals surface area contributed by atoms with Gasteiger partial charge >= 0.3 is 0 Å². The Morgan fingerprint density at radius 1 is 1.36 bits per heavy atom. The predicted molar refractivity (Wildman–Crippen MR) is 55.6 cm³/mol. The van der Waals surface area contributed by atoms with Crippen molar-refractivity contribution in [2.24, 2.45) is 23.5 Å². The van der Waals surface area contributed by atoms with Gasteiger partial charge in [-0.25, -0.2) is 0 Å². The summed E-state index contributed by atoms with van der Waals surface area (Å²) < 4.78 is 0. The standard InChI is InChI=1S/C11H20N2O/c1-6(2)13-11(14)9-7-3-4-8(5-7)10(9)12/h6-10H,3-5,12H2,1-2H3,(H,13,14). The van der Waals surface area contributed by atoms with Crippen LogP contribution in [0.3, 0.4) is 0 Å². The molecule has 3 heteroatoms. The summed E-state index contributed by atoms with van der Waals surface area (Å²) in [6.45, 7) is 3.99. The minimum atomic E-state index is 0.0937. The SMILES string of the molecule is CC(C)NC(=O)C1C2CCC(C2)C1N. The first-order valence-corrected chi connectivity index (χ1v) is 5.65. The van der Waals surface area contributed by atoms with Crippen LogP contribution in [-0.2, 0) is 4.79 Å². The van der Waals surface area contributed by atoms with Gasteiger partial charge in [-0.15, -0.1) is 0 Å². The average Bonchev–Trinajstić information content (AvgIpc) is 2.61. The van der Waals surface area contributed by atoms with Gasteiger partial charge in [0.25, 0.3) is 0 Å². The maximum Gasteiger partial charge on any atom is 0.225 e. The highest BCUT2D eigenvalue weighted by Crippen LogP contribution is 2.47. The molecule has 0 aromatic heterocycles. The molecule has 3 nitrogen and oxygen atoms in total. The molecule has 0 aromatic carbocycles. The highest BCUT2D eigenvalue weighted by Gasteiger charge is 2.48. The Morgan fingerprint density at radius 3 is 2.50 bits per heavy atom. The van der Waals surface area contributed by atoms with Gasteiger partial charge in [0.05, 0.1) is 5.92 Å². The Bertz CT molecular complexity index is 237. The van der Waals surface area contributed by atoms with Crippen LogP contribution in [0.1, 0.15) is 33.1 Å². The number of carbonyl (C=O) groups excluding carboxylic acids is 1. The second-order valence-electron chi connectivity index (χ2n) is 5.10. The van der Waals surface area contributed by atoms with Crippen molar-refractivity contribution >= 4 is 5.91 Å². The summed E-state index contributed by atoms with van der Waals surface area (Å²) in [5.74, 6) is 1.45. The number of nitrogens with one attached hydrogen (secondary N) is 1. The maximum absolute atomic E-state index is 11.9. The molecular formula is C11H20N2O. The van der Waals surface area contributed by atoms with Gasteiger partial charge in [-0.2, -0.15) is 0 Å². The minimum Gasteiger partial charge on any atom is -0.354 e. The lowest BCUT2D eigenvalue weighted by atomic mass is 9.84. The van der Waals surface area contributed by atoms with E-state index in [0.717, 1.165) is 0 Å². The highest BCUT2D eigenvalue weighted by atomic mass is 16.2. The van der Waals surface area contributed by atoms with Gasteiger partial charge in [0.2, 0.25) is 5.91 Å². The Morgan fingerprint density at radius 2 is 2.00 bits per heavy atom. The fraction of sp³-hybridized carbons (Fsp3) is 0.909. The van der Waals surface area contributed by atoms with Crippen LogP contribution >= 0.6 is 0 Å². The monoisotopic (exact) mass is 196 g/mol. The zero-order valence-corrected chi connectivity index (χ0v) is 8.99. The van der Waals surface area contributed by atoms with Crippen LogP contribution in [0.15, 0.2) is 0 Å². The van der Waals surface area contributed by atoms with Gasteiger partial charge in [-0.05, 0) is 44.9 Å². The van der Waals surface area contributed by atoms with Crippen LogP contribution in [0.5, 0.6) is 0 Å². The predicted octanol–water partition coefficient (Wildman–Crippen LogP) is 0.884. The molecule has 4 atom stereocenters. The molecule has 3 N–H and O–H groups in total. The van der Waals surface area contributed by atoms with Crippen molar-refractivity contribution < 1.29 is 4.79 Å². The zero-order chi connectivity index (χ0) is 10.3. The van der Waals surface area contributed by atoms with Crippen molar-refractivity contribution in [2.45, 2.75) is 45.2 Å². The number of rotatable bonds is 2. The molecule has 80 valence electrons. The van der Waals surface area contributed by atoms with E-state index in [-0.39, 0.29) is 23.9 Å². The summed E-state index contributed by atoms with van der Waals surface area (Å²) in [7, 11) is 0. The average molecular weight is 196 g/mol. The van der Waals surface area contributed by atoms with Crippen molar-refractivity contribution in [1.29, 1.82) is 0 Å². The van der Waals surface area contributed by atoms with Crippen LogP contribution in [0, 0.1) is 17.8 Å². The van der Waals surface area contributed by atoms with Crippen molar-refractivity contribution in [2.75, 3.05) is 0 Å². The molecule has 2 saturated carbocycles. The summed E-state index contributed by atoms with van der Waals surface area (Å²) in [6.07, 6.45) is 3.61. The molecule has 2 aliphatic carbocycles. The van der Waals surface area contributed by atoms with E-state index >= 15 is 0 Å². The number of hydrogen-bond donors (Lipinski definition) is 2. The molecular weight excluding hydrogens is 176 g/mol. The fourth-order valence-corrected chi connectivity index (χ4v) is 3.11. The molecule has 0 radical (unpaired) electrons. The molecule has 0 saturated heterocycles. The highest BCUT2D eigenvalue weighted by molar-refractivity contribution is 5.80. The largest absolute Gasteiger partial charge is 0.354 e. The number of hydrogen-bond acceptors (Lipinski definition) is 2. The number of carbonyl (C=O) groups is 1. The van der Waals surface area contributed by atoms with Crippen LogP contribution in [0.4, 0.5) is 0 Å². The maximum atomic E-state index is 11.9. The van der Waals surface area contributed by atoms with Gasteiger partial charge in [-0.1, -0.05) is 0 Å². The molecule has 2 bridgehead atoms. The Hall–Kier alpha value is -0.570. The van der Waals surface area contributed by atoms with E-state index < -0.39 is 0 Å². The summed E-state index contributed by atoms with van der Waals surface area (Å²) >= 11 is 0. The van der Waals surface area contributed by atoms with Crippen LogP contribution in [0.2, 0.25) is 0 Å². The lowest BCUT2D eigenvalue weighted by Crippen LogP contribution is -2.46. The lowest BCUT2D eigenvalue weighted by Gasteiger charge is -2.27. The van der Waals surface area contributed by atoms with Gasteiger partial charge < -0.3 is 11.1 Å². The van der Waals surface area contributed by atoms with Crippen molar-refractivity contribution in [3.8, 4) is 0 Å².